The third-order valence-electron chi connectivity index (χ3n) is 5.14. The number of anilines is 1. The lowest BCUT2D eigenvalue weighted by Gasteiger charge is -2.30. The van der Waals surface area contributed by atoms with Crippen LogP contribution in [-0.4, -0.2) is 43.7 Å². The molecule has 4 heterocycles. The second-order valence-electron chi connectivity index (χ2n) is 8.69. The van der Waals surface area contributed by atoms with Gasteiger partial charge in [-0.05, 0) is 23.8 Å². The maximum atomic E-state index is 13.3. The first-order chi connectivity index (χ1) is 16.8. The summed E-state index contributed by atoms with van der Waals surface area (Å²) in [4.78, 5) is 20.1. The van der Waals surface area contributed by atoms with Crippen molar-refractivity contribution in [3.05, 3.63) is 42.4 Å². The summed E-state index contributed by atoms with van der Waals surface area (Å²) in [5.41, 5.74) is -1.02. The molecule has 0 bridgehead atoms. The molecule has 0 aromatic carbocycles. The van der Waals surface area contributed by atoms with Crippen molar-refractivity contribution in [2.45, 2.75) is 31.5 Å². The maximum Gasteiger partial charge on any atom is 0.433 e. The van der Waals surface area contributed by atoms with E-state index in [1.165, 1.54) is 36.3 Å². The van der Waals surface area contributed by atoms with Crippen LogP contribution in [0, 0.1) is 5.41 Å². The van der Waals surface area contributed by atoms with Gasteiger partial charge in [-0.1, -0.05) is 13.8 Å². The predicted molar refractivity (Wildman–Crippen MR) is 123 cm³/mol. The Morgan fingerprint density at radius 3 is 2.78 bits per heavy atom. The van der Waals surface area contributed by atoms with Crippen LogP contribution in [0.5, 0.6) is 11.8 Å². The molecule has 0 saturated carbocycles. The number of pyridine rings is 2. The number of urea groups is 1. The quantitative estimate of drug-likeness (QED) is 0.528. The number of hydrogen-bond donors (Lipinski definition) is 2. The Labute approximate surface area is 204 Å². The van der Waals surface area contributed by atoms with E-state index in [0.717, 1.165) is 12.1 Å². The van der Waals surface area contributed by atoms with Gasteiger partial charge in [0.25, 0.3) is 0 Å². The molecule has 36 heavy (non-hydrogen) atoms. The number of alkyl halides is 3. The van der Waals surface area contributed by atoms with Gasteiger partial charge in [0.15, 0.2) is 9.92 Å². The zero-order chi connectivity index (χ0) is 26.3. The third kappa shape index (κ3) is 5.26. The molecular weight excluding hydrogens is 503 g/mol. The number of amides is 2. The number of methoxy groups -OCH3 is 1. The molecule has 0 spiro atoms. The van der Waals surface area contributed by atoms with E-state index in [-0.39, 0.29) is 27.6 Å². The highest BCUT2D eigenvalue weighted by Crippen LogP contribution is 2.35. The fraction of sp³-hybridized carbons (Fsp3) is 0.333. The third-order valence-corrected chi connectivity index (χ3v) is 6.48. The summed E-state index contributed by atoms with van der Waals surface area (Å²) < 4.78 is 68.7. The number of aromatic nitrogens is 4. The van der Waals surface area contributed by atoms with Gasteiger partial charge in [0.1, 0.15) is 16.4 Å². The number of ether oxygens (including phenoxy) is 2. The molecule has 2 amide bonds. The van der Waals surface area contributed by atoms with E-state index in [9.17, 15) is 22.2 Å². The Morgan fingerprint density at radius 1 is 1.33 bits per heavy atom. The summed E-state index contributed by atoms with van der Waals surface area (Å²) in [6.07, 6.45) is -2.22. The van der Waals surface area contributed by atoms with Crippen molar-refractivity contribution in [2.75, 3.05) is 19.0 Å². The van der Waals surface area contributed by atoms with Gasteiger partial charge >= 0.3 is 12.2 Å². The van der Waals surface area contributed by atoms with Gasteiger partial charge in [-0.25, -0.2) is 28.8 Å². The molecule has 3 aromatic heterocycles. The Morgan fingerprint density at radius 2 is 2.08 bits per heavy atom. The average Bonchev–Trinajstić information content (AvgIpc) is 3.21. The zero-order valence-corrected chi connectivity index (χ0v) is 20.2. The van der Waals surface area contributed by atoms with Gasteiger partial charge in [0.2, 0.25) is 11.8 Å². The normalized spacial score (nSPS) is 16.3. The van der Waals surface area contributed by atoms with Crippen LogP contribution in [0.4, 0.5) is 23.8 Å². The Kier molecular flexibility index (Phi) is 6.38. The summed E-state index contributed by atoms with van der Waals surface area (Å²) in [5, 5.41) is 12.1. The molecule has 0 saturated heterocycles. The van der Waals surface area contributed by atoms with Crippen molar-refractivity contribution < 1.29 is 31.6 Å². The lowest BCUT2D eigenvalue weighted by molar-refractivity contribution is -0.141. The van der Waals surface area contributed by atoms with E-state index < -0.39 is 33.6 Å². The molecule has 15 heteroatoms. The minimum absolute atomic E-state index is 0.107. The van der Waals surface area contributed by atoms with Crippen LogP contribution in [0.25, 0.3) is 11.1 Å². The predicted octanol–water partition coefficient (Wildman–Crippen LogP) is 3.72. The van der Waals surface area contributed by atoms with E-state index in [0.29, 0.717) is 18.7 Å². The SMILES string of the molecule is COc1cc(-c2ccc(C(F)(F)F)nc2NC(=O)N=S(N)(=O)c2cnn3c2OCC(C)(C)C3)ccn1. The van der Waals surface area contributed by atoms with Crippen LogP contribution in [0.1, 0.15) is 19.5 Å². The molecule has 0 aliphatic carbocycles. The molecule has 4 rings (SSSR count). The minimum Gasteiger partial charge on any atom is -0.481 e. The van der Waals surface area contributed by atoms with Gasteiger partial charge in [0.05, 0.1) is 26.5 Å². The molecule has 0 radical (unpaired) electrons. The molecule has 1 unspecified atom stereocenters. The van der Waals surface area contributed by atoms with Crippen molar-refractivity contribution in [1.82, 2.24) is 19.7 Å². The topological polar surface area (TPSA) is 147 Å². The van der Waals surface area contributed by atoms with Crippen molar-refractivity contribution in [1.29, 1.82) is 0 Å². The molecule has 11 nitrogen and oxygen atoms in total. The van der Waals surface area contributed by atoms with E-state index in [1.54, 1.807) is 0 Å². The standard InChI is InChI=1S/C21H22F3N7O4S/c1-20(2)10-31-18(35-11-20)14(9-27-31)36(25,33)30-19(32)29-17-13(4-5-15(28-17)21(22,23)24)12-6-7-26-16(8-12)34-3/h4-9H,10-11H2,1-3H3,(H3,25,28,29,30,32,33). The van der Waals surface area contributed by atoms with Crippen LogP contribution in [-0.2, 0) is 22.6 Å². The summed E-state index contributed by atoms with van der Waals surface area (Å²) in [6, 6.07) is 3.56. The van der Waals surface area contributed by atoms with Crippen molar-refractivity contribution in [3.63, 3.8) is 0 Å². The largest absolute Gasteiger partial charge is 0.481 e. The number of nitrogens with zero attached hydrogens (tertiary/aromatic N) is 5. The molecular formula is C21H22F3N7O4S. The molecule has 0 fully saturated rings. The first kappa shape index (κ1) is 25.4. The highest BCUT2D eigenvalue weighted by molar-refractivity contribution is 7.91. The van der Waals surface area contributed by atoms with Gasteiger partial charge in [-0.2, -0.15) is 18.3 Å². The van der Waals surface area contributed by atoms with Crippen LogP contribution >= 0.6 is 0 Å². The molecule has 1 aliphatic heterocycles. The minimum atomic E-state index is -4.78. The molecule has 3 aromatic rings. The van der Waals surface area contributed by atoms with Crippen molar-refractivity contribution in [2.24, 2.45) is 14.9 Å². The van der Waals surface area contributed by atoms with E-state index in [2.05, 4.69) is 24.7 Å². The number of carbonyl (C=O) groups excluding carboxylic acids is 1. The molecule has 192 valence electrons. The highest BCUT2D eigenvalue weighted by atomic mass is 32.2. The van der Waals surface area contributed by atoms with E-state index >= 15 is 0 Å². The first-order valence-corrected chi connectivity index (χ1v) is 12.0. The summed E-state index contributed by atoms with van der Waals surface area (Å²) in [5.74, 6) is -0.175. The number of nitrogens with one attached hydrogen (secondary N) is 1. The van der Waals surface area contributed by atoms with E-state index in [1.807, 2.05) is 13.8 Å². The van der Waals surface area contributed by atoms with Crippen molar-refractivity contribution in [3.8, 4) is 22.9 Å². The lowest BCUT2D eigenvalue weighted by Crippen LogP contribution is -2.33. The van der Waals surface area contributed by atoms with Crippen molar-refractivity contribution >= 4 is 21.8 Å². The second-order valence-corrected chi connectivity index (χ2v) is 10.5. The molecule has 3 N–H and O–H groups in total. The fourth-order valence-electron chi connectivity index (χ4n) is 3.46. The van der Waals surface area contributed by atoms with E-state index in [4.69, 9.17) is 14.6 Å². The fourth-order valence-corrected chi connectivity index (χ4v) is 4.46. The molecule has 1 atom stereocenters. The van der Waals surface area contributed by atoms with Gasteiger partial charge in [-0.15, -0.1) is 4.36 Å². The maximum absolute atomic E-state index is 13.3. The second kappa shape index (κ2) is 9.05. The van der Waals surface area contributed by atoms with Gasteiger partial charge in [0, 0.05) is 23.2 Å². The van der Waals surface area contributed by atoms with Crippen LogP contribution in [0.15, 0.2) is 45.9 Å². The zero-order valence-electron chi connectivity index (χ0n) is 19.4. The summed E-state index contributed by atoms with van der Waals surface area (Å²) in [7, 11) is -2.50. The first-order valence-electron chi connectivity index (χ1n) is 10.4. The number of nitrogens with two attached hydrogens (primary N) is 1. The Bertz CT molecular complexity index is 1450. The lowest BCUT2D eigenvalue weighted by atomic mass is 9.94. The average molecular weight is 526 g/mol. The molecule has 1 aliphatic rings. The Balaban J connectivity index is 1.71. The van der Waals surface area contributed by atoms with Gasteiger partial charge < -0.3 is 9.47 Å². The van der Waals surface area contributed by atoms with Gasteiger partial charge in [-0.3, -0.25) is 5.32 Å². The summed E-state index contributed by atoms with van der Waals surface area (Å²) >= 11 is 0. The number of rotatable bonds is 4. The number of halogens is 3. The smallest absolute Gasteiger partial charge is 0.433 e. The monoisotopic (exact) mass is 525 g/mol. The number of carbonyl (C=O) groups is 1. The summed E-state index contributed by atoms with van der Waals surface area (Å²) in [6.45, 7) is 4.65. The number of fused-ring (bicyclic) bond motifs is 1. The van der Waals surface area contributed by atoms with Crippen LogP contribution in [0.2, 0.25) is 0 Å². The number of hydrogen-bond acceptors (Lipinski definition) is 7. The highest BCUT2D eigenvalue weighted by Gasteiger charge is 2.34. The van der Waals surface area contributed by atoms with Crippen LogP contribution < -0.4 is 19.9 Å². The van der Waals surface area contributed by atoms with Crippen LogP contribution in [0.3, 0.4) is 0 Å². The Hall–Kier alpha value is -3.72.